The number of fused-ring (bicyclic) bond motifs is 3. The van der Waals surface area contributed by atoms with E-state index in [4.69, 9.17) is 32.7 Å². The van der Waals surface area contributed by atoms with Crippen LogP contribution in [0.5, 0.6) is 11.5 Å². The zero-order chi connectivity index (χ0) is 26.9. The first-order valence-corrected chi connectivity index (χ1v) is 14.2. The molecule has 0 radical (unpaired) electrons. The predicted molar refractivity (Wildman–Crippen MR) is 155 cm³/mol. The third-order valence-corrected chi connectivity index (χ3v) is 8.23. The summed E-state index contributed by atoms with van der Waals surface area (Å²) < 4.78 is 11.9. The van der Waals surface area contributed by atoms with Crippen LogP contribution >= 0.6 is 23.2 Å². The van der Waals surface area contributed by atoms with E-state index in [9.17, 15) is 4.79 Å². The Morgan fingerprint density at radius 2 is 1.72 bits per heavy atom. The minimum Gasteiger partial charge on any atom is -0.493 e. The number of piperidine rings is 1. The standard InChI is InChI=1S/C31H31Cl2N3O3/c1-35-15-2-3-20(18-35)19-38-24-9-4-21(5-10-24)30-29-26(27-17-23(33)8-13-28(27)34-29)14-16-36(30)31(37)39-25-11-6-22(32)7-12-25/h4-13,17,20,30,34H,2-3,14-16,18-19H2,1H3. The summed E-state index contributed by atoms with van der Waals surface area (Å²) in [6.45, 7) is 3.44. The molecule has 2 aliphatic heterocycles. The quantitative estimate of drug-likeness (QED) is 0.276. The lowest BCUT2D eigenvalue weighted by Gasteiger charge is -2.35. The molecule has 0 spiro atoms. The number of nitrogens with one attached hydrogen (secondary N) is 1. The number of ether oxygens (including phenoxy) is 2. The van der Waals surface area contributed by atoms with Crippen molar-refractivity contribution in [3.63, 3.8) is 0 Å². The first kappa shape index (κ1) is 26.1. The molecule has 1 aromatic heterocycles. The Labute approximate surface area is 238 Å². The predicted octanol–water partition coefficient (Wildman–Crippen LogP) is 7.34. The first-order chi connectivity index (χ1) is 18.9. The number of likely N-dealkylation sites (tertiary alicyclic amines) is 1. The molecule has 3 heterocycles. The van der Waals surface area contributed by atoms with E-state index in [1.54, 1.807) is 29.2 Å². The van der Waals surface area contributed by atoms with Crippen molar-refractivity contribution in [2.24, 2.45) is 5.92 Å². The molecule has 0 saturated carbocycles. The van der Waals surface area contributed by atoms with Crippen LogP contribution in [0.1, 0.15) is 35.7 Å². The van der Waals surface area contributed by atoms with E-state index in [0.717, 1.165) is 41.0 Å². The van der Waals surface area contributed by atoms with Gasteiger partial charge in [0.25, 0.3) is 0 Å². The van der Waals surface area contributed by atoms with Gasteiger partial charge in [0.05, 0.1) is 6.61 Å². The van der Waals surface area contributed by atoms with Crippen LogP contribution in [-0.4, -0.2) is 54.2 Å². The SMILES string of the molecule is CN1CCCC(COc2ccc(C3c4[nH]c5ccc(Cl)cc5c4CCN3C(=O)Oc3ccc(Cl)cc3)cc2)C1. The van der Waals surface area contributed by atoms with Gasteiger partial charge < -0.3 is 19.4 Å². The maximum absolute atomic E-state index is 13.5. The van der Waals surface area contributed by atoms with Crippen LogP contribution in [0, 0.1) is 5.92 Å². The fourth-order valence-corrected chi connectivity index (χ4v) is 6.13. The maximum Gasteiger partial charge on any atom is 0.416 e. The second-order valence-corrected chi connectivity index (χ2v) is 11.4. The third kappa shape index (κ3) is 5.60. The molecule has 1 fully saturated rings. The van der Waals surface area contributed by atoms with Gasteiger partial charge in [0.2, 0.25) is 0 Å². The zero-order valence-electron chi connectivity index (χ0n) is 21.8. The molecule has 1 saturated heterocycles. The fourth-order valence-electron chi connectivity index (χ4n) is 5.84. The molecule has 6 rings (SSSR count). The van der Waals surface area contributed by atoms with E-state index in [-0.39, 0.29) is 6.04 Å². The van der Waals surface area contributed by atoms with Gasteiger partial charge in [-0.2, -0.15) is 0 Å². The highest BCUT2D eigenvalue weighted by Crippen LogP contribution is 2.40. The topological polar surface area (TPSA) is 57.8 Å². The number of benzene rings is 3. The molecule has 1 amide bonds. The number of hydrogen-bond donors (Lipinski definition) is 1. The molecule has 2 aliphatic rings. The fraction of sp³-hybridized carbons (Fsp3) is 0.323. The van der Waals surface area contributed by atoms with Gasteiger partial charge in [-0.3, -0.25) is 4.90 Å². The monoisotopic (exact) mass is 563 g/mol. The van der Waals surface area contributed by atoms with Crippen LogP contribution < -0.4 is 9.47 Å². The summed E-state index contributed by atoms with van der Waals surface area (Å²) in [5, 5.41) is 2.37. The molecule has 2 unspecified atom stereocenters. The van der Waals surface area contributed by atoms with Gasteiger partial charge in [0.1, 0.15) is 17.5 Å². The van der Waals surface area contributed by atoms with Crippen LogP contribution in [0.15, 0.2) is 66.7 Å². The van der Waals surface area contributed by atoms with Crippen molar-refractivity contribution in [3.05, 3.63) is 93.6 Å². The lowest BCUT2D eigenvalue weighted by Crippen LogP contribution is -2.42. The van der Waals surface area contributed by atoms with Crippen molar-refractivity contribution in [1.29, 1.82) is 0 Å². The Bertz CT molecular complexity index is 1470. The number of aromatic nitrogens is 1. The summed E-state index contributed by atoms with van der Waals surface area (Å²) in [5.41, 5.74) is 4.13. The van der Waals surface area contributed by atoms with E-state index in [1.807, 2.05) is 42.5 Å². The van der Waals surface area contributed by atoms with Gasteiger partial charge in [0.15, 0.2) is 0 Å². The van der Waals surface area contributed by atoms with Gasteiger partial charge in [-0.25, -0.2) is 4.79 Å². The Morgan fingerprint density at radius 1 is 0.974 bits per heavy atom. The average Bonchev–Trinajstić information content (AvgIpc) is 3.31. The average molecular weight is 565 g/mol. The number of carbonyl (C=O) groups excluding carboxylic acids is 1. The number of halogens is 2. The minimum atomic E-state index is -0.411. The third-order valence-electron chi connectivity index (χ3n) is 7.75. The van der Waals surface area contributed by atoms with E-state index < -0.39 is 6.09 Å². The summed E-state index contributed by atoms with van der Waals surface area (Å²) in [4.78, 5) is 21.2. The van der Waals surface area contributed by atoms with Crippen molar-refractivity contribution < 1.29 is 14.3 Å². The highest BCUT2D eigenvalue weighted by molar-refractivity contribution is 6.31. The number of H-pyrrole nitrogens is 1. The number of rotatable bonds is 5. The Hall–Kier alpha value is -3.19. The maximum atomic E-state index is 13.5. The second kappa shape index (κ2) is 11.1. The first-order valence-electron chi connectivity index (χ1n) is 13.4. The van der Waals surface area contributed by atoms with Crippen LogP contribution in [-0.2, 0) is 6.42 Å². The van der Waals surface area contributed by atoms with Gasteiger partial charge >= 0.3 is 6.09 Å². The minimum absolute atomic E-state index is 0.347. The van der Waals surface area contributed by atoms with Gasteiger partial charge in [-0.15, -0.1) is 0 Å². The van der Waals surface area contributed by atoms with Gasteiger partial charge in [-0.1, -0.05) is 35.3 Å². The number of carbonyl (C=O) groups is 1. The molecule has 8 heteroatoms. The van der Waals surface area contributed by atoms with E-state index in [1.165, 1.54) is 18.4 Å². The normalized spacial score (nSPS) is 19.6. The highest BCUT2D eigenvalue weighted by Gasteiger charge is 2.36. The lowest BCUT2D eigenvalue weighted by atomic mass is 9.92. The van der Waals surface area contributed by atoms with Crippen LogP contribution in [0.3, 0.4) is 0 Å². The molecule has 3 aromatic carbocycles. The zero-order valence-corrected chi connectivity index (χ0v) is 23.3. The van der Waals surface area contributed by atoms with E-state index >= 15 is 0 Å². The van der Waals surface area contributed by atoms with Crippen molar-refractivity contribution >= 4 is 40.2 Å². The van der Waals surface area contributed by atoms with Crippen molar-refractivity contribution in [1.82, 2.24) is 14.8 Å². The summed E-state index contributed by atoms with van der Waals surface area (Å²) in [7, 11) is 2.17. The van der Waals surface area contributed by atoms with E-state index in [2.05, 4.69) is 16.9 Å². The lowest BCUT2D eigenvalue weighted by molar-refractivity contribution is 0.135. The molecule has 0 aliphatic carbocycles. The molecule has 6 nitrogen and oxygen atoms in total. The highest BCUT2D eigenvalue weighted by atomic mass is 35.5. The second-order valence-electron chi connectivity index (χ2n) is 10.5. The summed E-state index contributed by atoms with van der Waals surface area (Å²) in [5.74, 6) is 1.83. The number of nitrogens with zero attached hydrogens (tertiary/aromatic N) is 2. The Kier molecular flexibility index (Phi) is 7.43. The molecule has 4 aromatic rings. The molecular weight excluding hydrogens is 533 g/mol. The van der Waals surface area contributed by atoms with Crippen molar-refractivity contribution in [3.8, 4) is 11.5 Å². The summed E-state index contributed by atoms with van der Waals surface area (Å²) >= 11 is 12.4. The molecular formula is C31H31Cl2N3O3. The van der Waals surface area contributed by atoms with Crippen LogP contribution in [0.4, 0.5) is 4.79 Å². The number of aromatic amines is 1. The molecule has 39 heavy (non-hydrogen) atoms. The molecule has 202 valence electrons. The molecule has 0 bridgehead atoms. The van der Waals surface area contributed by atoms with Gasteiger partial charge in [-0.05, 0) is 98.6 Å². The van der Waals surface area contributed by atoms with Crippen LogP contribution in [0.25, 0.3) is 10.9 Å². The van der Waals surface area contributed by atoms with Crippen molar-refractivity contribution in [2.45, 2.75) is 25.3 Å². The molecule has 1 N–H and O–H groups in total. The van der Waals surface area contributed by atoms with Crippen LogP contribution in [0.2, 0.25) is 10.0 Å². The number of amides is 1. The summed E-state index contributed by atoms with van der Waals surface area (Å²) in [6.07, 6.45) is 2.69. The Balaban J connectivity index is 1.29. The smallest absolute Gasteiger partial charge is 0.416 e. The Morgan fingerprint density at radius 3 is 2.49 bits per heavy atom. The summed E-state index contributed by atoms with van der Waals surface area (Å²) in [6, 6.07) is 20.4. The van der Waals surface area contributed by atoms with Crippen molar-refractivity contribution in [2.75, 3.05) is 33.3 Å². The number of hydrogen-bond acceptors (Lipinski definition) is 4. The largest absolute Gasteiger partial charge is 0.493 e. The molecule has 2 atom stereocenters. The van der Waals surface area contributed by atoms with E-state index in [0.29, 0.717) is 41.3 Å². The van der Waals surface area contributed by atoms with Gasteiger partial charge in [0, 0.05) is 45.6 Å².